The van der Waals surface area contributed by atoms with Gasteiger partial charge in [0.2, 0.25) is 5.89 Å². The van der Waals surface area contributed by atoms with Gasteiger partial charge < -0.3 is 14.4 Å². The largest absolute Gasteiger partial charge is 0.392 e. The van der Waals surface area contributed by atoms with Crippen LogP contribution in [-0.2, 0) is 17.7 Å². The summed E-state index contributed by atoms with van der Waals surface area (Å²) in [6.45, 7) is 7.37. The van der Waals surface area contributed by atoms with Crippen molar-refractivity contribution in [2.45, 2.75) is 58.3 Å². The Labute approximate surface area is 125 Å². The second-order valence-corrected chi connectivity index (χ2v) is 6.16. The van der Waals surface area contributed by atoms with Gasteiger partial charge in [-0.15, -0.1) is 0 Å². The molecule has 1 aromatic rings. The fourth-order valence-corrected chi connectivity index (χ4v) is 3.63. The number of rotatable bonds is 5. The smallest absolute Gasteiger partial charge is 0.240 e. The molecule has 6 nitrogen and oxygen atoms in total. The quantitative estimate of drug-likeness (QED) is 0.885. The van der Waals surface area contributed by atoms with Gasteiger partial charge in [-0.3, -0.25) is 4.90 Å². The van der Waals surface area contributed by atoms with E-state index in [2.05, 4.69) is 15.0 Å². The van der Waals surface area contributed by atoms with E-state index in [-0.39, 0.29) is 17.6 Å². The second-order valence-electron chi connectivity index (χ2n) is 6.16. The summed E-state index contributed by atoms with van der Waals surface area (Å²) in [6, 6.07) is 0. The maximum Gasteiger partial charge on any atom is 0.240 e. The van der Waals surface area contributed by atoms with Crippen molar-refractivity contribution in [1.82, 2.24) is 15.0 Å². The normalized spacial score (nSPS) is 28.7. The molecule has 3 rings (SSSR count). The Morgan fingerprint density at radius 2 is 2.14 bits per heavy atom. The molecule has 0 bridgehead atoms. The minimum absolute atomic E-state index is 0.0179. The van der Waals surface area contributed by atoms with E-state index in [1.165, 1.54) is 0 Å². The first kappa shape index (κ1) is 14.9. The van der Waals surface area contributed by atoms with Gasteiger partial charge >= 0.3 is 0 Å². The third-order valence-corrected chi connectivity index (χ3v) is 5.08. The average Bonchev–Trinajstić information content (AvgIpc) is 2.95. The van der Waals surface area contributed by atoms with E-state index in [9.17, 15) is 5.11 Å². The molecule has 1 aliphatic carbocycles. The molecule has 2 fully saturated rings. The van der Waals surface area contributed by atoms with Crippen LogP contribution in [0.1, 0.15) is 44.8 Å². The zero-order valence-electron chi connectivity index (χ0n) is 12.9. The van der Waals surface area contributed by atoms with Gasteiger partial charge in [0.15, 0.2) is 5.82 Å². The van der Waals surface area contributed by atoms with Gasteiger partial charge in [0.25, 0.3) is 0 Å². The molecule has 1 aromatic heterocycles. The first-order chi connectivity index (χ1) is 10.2. The van der Waals surface area contributed by atoms with E-state index in [1.807, 2.05) is 13.8 Å². The summed E-state index contributed by atoms with van der Waals surface area (Å²) >= 11 is 0. The number of aryl methyl sites for hydroxylation is 1. The summed E-state index contributed by atoms with van der Waals surface area (Å²) < 4.78 is 11.0. The van der Waals surface area contributed by atoms with Crippen molar-refractivity contribution in [1.29, 1.82) is 0 Å². The zero-order valence-corrected chi connectivity index (χ0v) is 12.9. The molecule has 1 saturated heterocycles. The highest BCUT2D eigenvalue weighted by atomic mass is 16.5. The lowest BCUT2D eigenvalue weighted by atomic mass is 9.58. The predicted molar refractivity (Wildman–Crippen MR) is 76.7 cm³/mol. The molecule has 0 aromatic carbocycles. The lowest BCUT2D eigenvalue weighted by Gasteiger charge is -2.56. The molecule has 2 unspecified atom stereocenters. The Bertz CT molecular complexity index is 466. The van der Waals surface area contributed by atoms with Gasteiger partial charge in [-0.2, -0.15) is 4.98 Å². The molecule has 1 saturated carbocycles. The third-order valence-electron chi connectivity index (χ3n) is 5.08. The molecule has 6 heteroatoms. The van der Waals surface area contributed by atoms with Crippen LogP contribution in [0.3, 0.4) is 0 Å². The van der Waals surface area contributed by atoms with Crippen LogP contribution in [0.15, 0.2) is 4.52 Å². The van der Waals surface area contributed by atoms with Gasteiger partial charge in [0.1, 0.15) is 0 Å². The van der Waals surface area contributed by atoms with E-state index in [0.717, 1.165) is 51.2 Å². The van der Waals surface area contributed by atoms with Gasteiger partial charge in [0, 0.05) is 24.9 Å². The number of likely N-dealkylation sites (tertiary alicyclic amines) is 1. The van der Waals surface area contributed by atoms with Gasteiger partial charge in [0.05, 0.1) is 18.8 Å². The van der Waals surface area contributed by atoms with Crippen molar-refractivity contribution in [3.8, 4) is 0 Å². The number of aliphatic hydroxyl groups excluding tert-OH is 1. The molecule has 1 spiro atoms. The summed E-state index contributed by atoms with van der Waals surface area (Å²) in [5.41, 5.74) is -0.0179. The van der Waals surface area contributed by atoms with E-state index >= 15 is 0 Å². The topological polar surface area (TPSA) is 71.6 Å². The number of hydrogen-bond acceptors (Lipinski definition) is 6. The van der Waals surface area contributed by atoms with Crippen LogP contribution in [-0.4, -0.2) is 52.1 Å². The summed E-state index contributed by atoms with van der Waals surface area (Å²) in [5, 5.41) is 14.1. The van der Waals surface area contributed by atoms with E-state index in [1.54, 1.807) is 0 Å². The van der Waals surface area contributed by atoms with E-state index in [0.29, 0.717) is 12.4 Å². The highest BCUT2D eigenvalue weighted by Crippen LogP contribution is 2.51. The number of ether oxygens (including phenoxy) is 1. The van der Waals surface area contributed by atoms with E-state index < -0.39 is 0 Å². The standard InChI is InChI=1S/C15H25N3O3/c1-3-13-16-14(21-17-13)10-18-7-5-15(6-8-18)11(19)9-12(15)20-4-2/h11-12,19H,3-10H2,1-2H3. The van der Waals surface area contributed by atoms with Crippen LogP contribution in [0.5, 0.6) is 0 Å². The van der Waals surface area contributed by atoms with Gasteiger partial charge in [-0.05, 0) is 32.9 Å². The Morgan fingerprint density at radius 1 is 1.38 bits per heavy atom. The number of nitrogens with zero attached hydrogens (tertiary/aromatic N) is 3. The van der Waals surface area contributed by atoms with Crippen LogP contribution in [0.4, 0.5) is 0 Å². The Kier molecular flexibility index (Phi) is 4.28. The highest BCUT2D eigenvalue weighted by molar-refractivity contribution is 5.06. The Hall–Kier alpha value is -0.980. The fraction of sp³-hybridized carbons (Fsp3) is 0.867. The monoisotopic (exact) mass is 295 g/mol. The van der Waals surface area contributed by atoms with Crippen LogP contribution in [0, 0.1) is 5.41 Å². The Balaban J connectivity index is 1.55. The average molecular weight is 295 g/mol. The van der Waals surface area contributed by atoms with Crippen molar-refractivity contribution in [2.24, 2.45) is 5.41 Å². The minimum Gasteiger partial charge on any atom is -0.392 e. The Morgan fingerprint density at radius 3 is 2.71 bits per heavy atom. The molecule has 2 atom stereocenters. The summed E-state index contributed by atoms with van der Waals surface area (Å²) in [7, 11) is 0. The second kappa shape index (κ2) is 6.02. The fourth-order valence-electron chi connectivity index (χ4n) is 3.63. The summed E-state index contributed by atoms with van der Waals surface area (Å²) in [4.78, 5) is 6.68. The number of hydrogen-bond donors (Lipinski definition) is 1. The number of aromatic nitrogens is 2. The molecule has 1 aliphatic heterocycles. The lowest BCUT2D eigenvalue weighted by molar-refractivity contribution is -0.210. The number of aliphatic hydroxyl groups is 1. The molecular formula is C15H25N3O3. The van der Waals surface area contributed by atoms with Crippen molar-refractivity contribution in [3.63, 3.8) is 0 Å². The lowest BCUT2D eigenvalue weighted by Crippen LogP contribution is -2.62. The van der Waals surface area contributed by atoms with E-state index in [4.69, 9.17) is 9.26 Å². The molecule has 2 aliphatic rings. The molecule has 0 radical (unpaired) electrons. The van der Waals surface area contributed by atoms with Crippen LogP contribution >= 0.6 is 0 Å². The molecule has 118 valence electrons. The SMILES string of the molecule is CCOC1CC(O)C12CCN(Cc1nc(CC)no1)CC2. The molecular weight excluding hydrogens is 270 g/mol. The van der Waals surface area contributed by atoms with Crippen molar-refractivity contribution in [3.05, 3.63) is 11.7 Å². The molecule has 21 heavy (non-hydrogen) atoms. The number of piperidine rings is 1. The summed E-state index contributed by atoms with van der Waals surface area (Å²) in [6.07, 6.45) is 3.58. The zero-order chi connectivity index (χ0) is 14.9. The minimum atomic E-state index is -0.203. The first-order valence-corrected chi connectivity index (χ1v) is 8.01. The van der Waals surface area contributed by atoms with Gasteiger partial charge in [-0.1, -0.05) is 12.1 Å². The van der Waals surface area contributed by atoms with Gasteiger partial charge in [-0.25, -0.2) is 0 Å². The first-order valence-electron chi connectivity index (χ1n) is 8.01. The van der Waals surface area contributed by atoms with Crippen LogP contribution in [0.2, 0.25) is 0 Å². The molecule has 1 N–H and O–H groups in total. The van der Waals surface area contributed by atoms with Crippen LogP contribution in [0.25, 0.3) is 0 Å². The molecule has 0 amide bonds. The van der Waals surface area contributed by atoms with Crippen LogP contribution < -0.4 is 0 Å². The summed E-state index contributed by atoms with van der Waals surface area (Å²) in [5.74, 6) is 1.46. The maximum atomic E-state index is 10.2. The maximum absolute atomic E-state index is 10.2. The third kappa shape index (κ3) is 2.72. The van der Waals surface area contributed by atoms with Crippen molar-refractivity contribution >= 4 is 0 Å². The molecule has 2 heterocycles. The predicted octanol–water partition coefficient (Wildman–Crippen LogP) is 1.38. The highest BCUT2D eigenvalue weighted by Gasteiger charge is 2.55. The van der Waals surface area contributed by atoms with Crippen molar-refractivity contribution in [2.75, 3.05) is 19.7 Å². The van der Waals surface area contributed by atoms with Crippen molar-refractivity contribution < 1.29 is 14.4 Å².